The summed E-state index contributed by atoms with van der Waals surface area (Å²) in [6.07, 6.45) is 5.67. The topological polar surface area (TPSA) is 50.8 Å². The normalized spacial score (nSPS) is 15.3. The van der Waals surface area contributed by atoms with E-state index in [1.807, 2.05) is 12.1 Å². The maximum atomic E-state index is 13.6. The van der Waals surface area contributed by atoms with Crippen LogP contribution in [0.5, 0.6) is 11.5 Å². The van der Waals surface area contributed by atoms with Crippen LogP contribution in [-0.4, -0.2) is 50.7 Å². The van der Waals surface area contributed by atoms with E-state index in [9.17, 15) is 9.18 Å². The van der Waals surface area contributed by atoms with Crippen LogP contribution in [0.15, 0.2) is 48.5 Å². The summed E-state index contributed by atoms with van der Waals surface area (Å²) >= 11 is 0. The number of amides is 1. The van der Waals surface area contributed by atoms with Gasteiger partial charge in [-0.1, -0.05) is 24.3 Å². The number of carbonyl (C=O) groups excluding carboxylic acids is 1. The predicted molar refractivity (Wildman–Crippen MR) is 116 cm³/mol. The van der Waals surface area contributed by atoms with E-state index >= 15 is 0 Å². The Morgan fingerprint density at radius 3 is 2.57 bits per heavy atom. The molecule has 2 aromatic carbocycles. The third-order valence-electron chi connectivity index (χ3n) is 5.42. The van der Waals surface area contributed by atoms with Gasteiger partial charge in [0.05, 0.1) is 14.2 Å². The van der Waals surface area contributed by atoms with E-state index in [1.54, 1.807) is 32.4 Å². The molecular formula is C24H29FN2O3. The highest BCUT2D eigenvalue weighted by Crippen LogP contribution is 2.27. The van der Waals surface area contributed by atoms with Crippen molar-refractivity contribution in [3.8, 4) is 11.5 Å². The Kier molecular flexibility index (Phi) is 7.85. The first-order chi connectivity index (χ1) is 14.6. The minimum absolute atomic E-state index is 0.153. The Hall–Kier alpha value is -2.86. The lowest BCUT2D eigenvalue weighted by Crippen LogP contribution is -2.44. The lowest BCUT2D eigenvalue weighted by molar-refractivity contribution is -0.117. The second kappa shape index (κ2) is 10.8. The minimum atomic E-state index is -0.329. The number of halogens is 1. The van der Waals surface area contributed by atoms with Crippen molar-refractivity contribution in [1.82, 2.24) is 10.2 Å². The van der Waals surface area contributed by atoms with Crippen LogP contribution in [0.1, 0.15) is 24.0 Å². The molecule has 1 N–H and O–H groups in total. The SMILES string of the molecule is COc1ccc(CCN2CCC(NC(=O)C=Cc3ccccc3F)CC2)cc1OC. The van der Waals surface area contributed by atoms with Gasteiger partial charge in [-0.15, -0.1) is 0 Å². The van der Waals surface area contributed by atoms with Crippen LogP contribution in [0.3, 0.4) is 0 Å². The van der Waals surface area contributed by atoms with E-state index in [-0.39, 0.29) is 17.8 Å². The molecule has 1 amide bonds. The zero-order valence-corrected chi connectivity index (χ0v) is 17.6. The number of likely N-dealkylation sites (tertiary alicyclic amines) is 1. The quantitative estimate of drug-likeness (QED) is 0.672. The molecule has 160 valence electrons. The van der Waals surface area contributed by atoms with Crippen molar-refractivity contribution in [3.63, 3.8) is 0 Å². The molecule has 1 heterocycles. The number of nitrogens with one attached hydrogen (secondary N) is 1. The highest BCUT2D eigenvalue weighted by Gasteiger charge is 2.20. The third kappa shape index (κ3) is 6.07. The number of nitrogens with zero attached hydrogens (tertiary/aromatic N) is 1. The molecule has 0 radical (unpaired) electrons. The smallest absolute Gasteiger partial charge is 0.244 e. The fourth-order valence-corrected chi connectivity index (χ4v) is 3.65. The molecular weight excluding hydrogens is 383 g/mol. The summed E-state index contributed by atoms with van der Waals surface area (Å²) in [5.74, 6) is 0.980. The Labute approximate surface area is 177 Å². The van der Waals surface area contributed by atoms with Gasteiger partial charge in [0.15, 0.2) is 11.5 Å². The molecule has 0 saturated carbocycles. The van der Waals surface area contributed by atoms with Crippen LogP contribution >= 0.6 is 0 Å². The molecule has 2 aromatic rings. The Bertz CT molecular complexity index is 877. The van der Waals surface area contributed by atoms with Crippen molar-refractivity contribution in [2.24, 2.45) is 0 Å². The first kappa shape index (κ1) is 21.8. The maximum Gasteiger partial charge on any atom is 0.244 e. The van der Waals surface area contributed by atoms with Crippen LogP contribution in [0, 0.1) is 5.82 Å². The highest BCUT2D eigenvalue weighted by atomic mass is 19.1. The van der Waals surface area contributed by atoms with Gasteiger partial charge >= 0.3 is 0 Å². The zero-order chi connectivity index (χ0) is 21.3. The van der Waals surface area contributed by atoms with Gasteiger partial charge in [-0.05, 0) is 49.1 Å². The van der Waals surface area contributed by atoms with Crippen molar-refractivity contribution in [3.05, 3.63) is 65.5 Å². The Morgan fingerprint density at radius 1 is 1.13 bits per heavy atom. The van der Waals surface area contributed by atoms with Crippen molar-refractivity contribution in [2.75, 3.05) is 33.9 Å². The van der Waals surface area contributed by atoms with Gasteiger partial charge in [0.1, 0.15) is 5.82 Å². The monoisotopic (exact) mass is 412 g/mol. The molecule has 0 unspecified atom stereocenters. The third-order valence-corrected chi connectivity index (χ3v) is 5.42. The summed E-state index contributed by atoms with van der Waals surface area (Å²) in [4.78, 5) is 14.6. The molecule has 0 aromatic heterocycles. The van der Waals surface area contributed by atoms with Gasteiger partial charge in [-0.2, -0.15) is 0 Å². The van der Waals surface area contributed by atoms with Gasteiger partial charge in [-0.25, -0.2) is 4.39 Å². The Morgan fingerprint density at radius 2 is 1.87 bits per heavy atom. The lowest BCUT2D eigenvalue weighted by Gasteiger charge is -2.32. The van der Waals surface area contributed by atoms with Crippen LogP contribution in [-0.2, 0) is 11.2 Å². The fraction of sp³-hybridized carbons (Fsp3) is 0.375. The van der Waals surface area contributed by atoms with Crippen LogP contribution in [0.25, 0.3) is 6.08 Å². The highest BCUT2D eigenvalue weighted by molar-refractivity contribution is 5.91. The van der Waals surface area contributed by atoms with E-state index < -0.39 is 0 Å². The van der Waals surface area contributed by atoms with E-state index in [0.717, 1.165) is 50.4 Å². The summed E-state index contributed by atoms with van der Waals surface area (Å²) < 4.78 is 24.3. The summed E-state index contributed by atoms with van der Waals surface area (Å²) in [7, 11) is 3.28. The number of carbonyl (C=O) groups is 1. The molecule has 6 heteroatoms. The molecule has 0 aliphatic carbocycles. The largest absolute Gasteiger partial charge is 0.493 e. The molecule has 0 atom stereocenters. The van der Waals surface area contributed by atoms with Gasteiger partial charge in [-0.3, -0.25) is 4.79 Å². The minimum Gasteiger partial charge on any atom is -0.493 e. The van der Waals surface area contributed by atoms with Crippen molar-refractivity contribution >= 4 is 12.0 Å². The summed E-state index contributed by atoms with van der Waals surface area (Å²) in [6.45, 7) is 2.84. The number of hydrogen-bond donors (Lipinski definition) is 1. The molecule has 0 spiro atoms. The average molecular weight is 413 g/mol. The molecule has 1 aliphatic rings. The van der Waals surface area contributed by atoms with Crippen molar-refractivity contribution in [1.29, 1.82) is 0 Å². The second-order valence-electron chi connectivity index (χ2n) is 7.42. The lowest BCUT2D eigenvalue weighted by atomic mass is 10.0. The number of piperidine rings is 1. The number of hydrogen-bond acceptors (Lipinski definition) is 4. The van der Waals surface area contributed by atoms with E-state index in [0.29, 0.717) is 5.56 Å². The van der Waals surface area contributed by atoms with E-state index in [2.05, 4.69) is 16.3 Å². The van der Waals surface area contributed by atoms with Gasteiger partial charge in [0.25, 0.3) is 0 Å². The van der Waals surface area contributed by atoms with E-state index in [4.69, 9.17) is 9.47 Å². The molecule has 5 nitrogen and oxygen atoms in total. The molecule has 3 rings (SSSR count). The van der Waals surface area contributed by atoms with Crippen molar-refractivity contribution in [2.45, 2.75) is 25.3 Å². The number of ether oxygens (including phenoxy) is 2. The summed E-state index contributed by atoms with van der Waals surface area (Å²) in [5.41, 5.74) is 1.62. The van der Waals surface area contributed by atoms with Gasteiger partial charge in [0, 0.05) is 37.3 Å². The average Bonchev–Trinajstić information content (AvgIpc) is 2.78. The molecule has 1 fully saturated rings. The molecule has 0 bridgehead atoms. The van der Waals surface area contributed by atoms with Crippen molar-refractivity contribution < 1.29 is 18.7 Å². The number of rotatable bonds is 8. The Balaban J connectivity index is 1.41. The second-order valence-corrected chi connectivity index (χ2v) is 7.42. The molecule has 30 heavy (non-hydrogen) atoms. The first-order valence-corrected chi connectivity index (χ1v) is 10.3. The van der Waals surface area contributed by atoms with Crippen LogP contribution in [0.4, 0.5) is 4.39 Å². The van der Waals surface area contributed by atoms with Gasteiger partial charge in [0.2, 0.25) is 5.91 Å². The molecule has 1 aliphatic heterocycles. The number of benzene rings is 2. The number of methoxy groups -OCH3 is 2. The van der Waals surface area contributed by atoms with Crippen LogP contribution in [0.2, 0.25) is 0 Å². The van der Waals surface area contributed by atoms with Crippen LogP contribution < -0.4 is 14.8 Å². The fourth-order valence-electron chi connectivity index (χ4n) is 3.65. The summed E-state index contributed by atoms with van der Waals surface area (Å²) in [6, 6.07) is 12.6. The first-order valence-electron chi connectivity index (χ1n) is 10.3. The van der Waals surface area contributed by atoms with E-state index in [1.165, 1.54) is 23.8 Å². The maximum absolute atomic E-state index is 13.6. The van der Waals surface area contributed by atoms with Gasteiger partial charge < -0.3 is 19.7 Å². The molecule has 1 saturated heterocycles. The summed E-state index contributed by atoms with van der Waals surface area (Å²) in [5, 5.41) is 3.03. The standard InChI is InChI=1S/C24H29FN2O3/c1-29-22-9-7-18(17-23(22)30-2)11-14-27-15-12-20(13-16-27)26-24(28)10-8-19-5-3-4-6-21(19)25/h3-10,17,20H,11-16H2,1-2H3,(H,26,28). The zero-order valence-electron chi connectivity index (χ0n) is 17.6. The predicted octanol–water partition coefficient (Wildman–Crippen LogP) is 3.68.